The first-order chi connectivity index (χ1) is 28.0. The van der Waals surface area contributed by atoms with Crippen molar-refractivity contribution in [3.05, 3.63) is 78.4 Å². The number of benzene rings is 4. The number of para-hydroxylation sites is 2. The van der Waals surface area contributed by atoms with Crippen molar-refractivity contribution in [1.29, 1.82) is 0 Å². The predicted molar refractivity (Wildman–Crippen MR) is 238 cm³/mol. The van der Waals surface area contributed by atoms with E-state index in [1.54, 1.807) is 6.07 Å². The Kier molecular flexibility index (Phi) is 18.6. The summed E-state index contributed by atoms with van der Waals surface area (Å²) in [4.78, 5) is 35.4. The van der Waals surface area contributed by atoms with Gasteiger partial charge in [0.05, 0.1) is 28.9 Å². The van der Waals surface area contributed by atoms with Gasteiger partial charge in [-0.05, 0) is 54.6 Å². The molecule has 4 N–H and O–H groups in total. The number of unbranched alkanes of at least 4 members (excludes halogenated alkanes) is 17. The van der Waals surface area contributed by atoms with Crippen LogP contribution in [-0.4, -0.2) is 33.5 Å². The number of phenols is 1. The Bertz CT molecular complexity index is 1990. The van der Waals surface area contributed by atoms with Crippen molar-refractivity contribution in [2.75, 3.05) is 17.2 Å². The molecule has 0 saturated heterocycles. The number of aromatic nitrogens is 2. The van der Waals surface area contributed by atoms with Gasteiger partial charge >= 0.3 is 0 Å². The number of aromatic hydroxyl groups is 1. The zero-order chi connectivity index (χ0) is 40.1. The van der Waals surface area contributed by atoms with Gasteiger partial charge in [0.2, 0.25) is 5.91 Å². The molecule has 4 aromatic carbocycles. The average Bonchev–Trinajstić information content (AvgIpc) is 3.62. The Balaban J connectivity index is 1.16. The zero-order valence-corrected chi connectivity index (χ0v) is 35.1. The minimum Gasteiger partial charge on any atom is -0.506 e. The third kappa shape index (κ3) is 14.1. The molecule has 0 radical (unpaired) electrons. The van der Waals surface area contributed by atoms with Crippen molar-refractivity contribution in [2.24, 2.45) is 0 Å². The van der Waals surface area contributed by atoms with Gasteiger partial charge in [0.25, 0.3) is 5.91 Å². The number of anilines is 2. The van der Waals surface area contributed by atoms with E-state index < -0.39 is 5.91 Å². The average molecular weight is 793 g/mol. The smallest absolute Gasteiger partial charge is 0.259 e. The summed E-state index contributed by atoms with van der Waals surface area (Å²) in [5.41, 5.74) is 3.01. The number of fused-ring (bicyclic) bond motifs is 2. The molecule has 8 nitrogen and oxygen atoms in total. The van der Waals surface area contributed by atoms with E-state index in [-0.39, 0.29) is 17.2 Å². The van der Waals surface area contributed by atoms with Crippen molar-refractivity contribution in [1.82, 2.24) is 9.97 Å². The summed E-state index contributed by atoms with van der Waals surface area (Å²) in [6.45, 7) is 5.06. The maximum Gasteiger partial charge on any atom is 0.259 e. The van der Waals surface area contributed by atoms with Gasteiger partial charge in [-0.15, -0.1) is 0 Å². The number of amides is 2. The summed E-state index contributed by atoms with van der Waals surface area (Å²) in [6.07, 6.45) is 24.1. The van der Waals surface area contributed by atoms with Crippen molar-refractivity contribution in [2.45, 2.75) is 152 Å². The second-order valence-electron chi connectivity index (χ2n) is 15.3. The van der Waals surface area contributed by atoms with Crippen LogP contribution in [0.15, 0.2) is 82.8 Å². The molecule has 0 unspecified atom stereocenters. The van der Waals surface area contributed by atoms with Crippen molar-refractivity contribution in [3.8, 4) is 11.5 Å². The summed E-state index contributed by atoms with van der Waals surface area (Å²) < 4.78 is 6.15. The lowest BCUT2D eigenvalue weighted by Crippen LogP contribution is -2.13. The van der Waals surface area contributed by atoms with Crippen LogP contribution in [0.3, 0.4) is 0 Å². The number of hydrogen-bond donors (Lipinski definition) is 4. The molecule has 9 heteroatoms. The molecule has 0 fully saturated rings. The van der Waals surface area contributed by atoms with Crippen LogP contribution in [0.5, 0.6) is 11.5 Å². The van der Waals surface area contributed by atoms with Crippen LogP contribution in [-0.2, 0) is 4.79 Å². The number of phenolic OH excluding ortho intramolecular Hbond substituents is 1. The highest BCUT2D eigenvalue weighted by molar-refractivity contribution is 7.99. The summed E-state index contributed by atoms with van der Waals surface area (Å²) in [5, 5.41) is 19.4. The Morgan fingerprint density at radius 1 is 0.684 bits per heavy atom. The Labute approximate surface area is 344 Å². The number of carbonyl (C=O) groups excluding carboxylic acids is 2. The van der Waals surface area contributed by atoms with Gasteiger partial charge in [0.1, 0.15) is 11.5 Å². The van der Waals surface area contributed by atoms with E-state index in [1.807, 2.05) is 66.7 Å². The number of ether oxygens (including phenoxy) is 1. The topological polar surface area (TPSA) is 116 Å². The normalized spacial score (nSPS) is 11.3. The van der Waals surface area contributed by atoms with Crippen LogP contribution in [0.4, 0.5) is 11.4 Å². The highest BCUT2D eigenvalue weighted by Gasteiger charge is 2.20. The maximum atomic E-state index is 13.8. The van der Waals surface area contributed by atoms with E-state index in [4.69, 9.17) is 9.72 Å². The van der Waals surface area contributed by atoms with Crippen molar-refractivity contribution >= 4 is 56.8 Å². The monoisotopic (exact) mass is 792 g/mol. The van der Waals surface area contributed by atoms with E-state index in [1.165, 1.54) is 108 Å². The second-order valence-corrected chi connectivity index (χ2v) is 16.3. The fourth-order valence-corrected chi connectivity index (χ4v) is 8.26. The molecule has 0 spiro atoms. The lowest BCUT2D eigenvalue weighted by Gasteiger charge is -2.15. The van der Waals surface area contributed by atoms with E-state index in [0.717, 1.165) is 52.7 Å². The largest absolute Gasteiger partial charge is 0.506 e. The first kappa shape index (κ1) is 43.6. The predicted octanol–water partition coefficient (Wildman–Crippen LogP) is 14.0. The van der Waals surface area contributed by atoms with Gasteiger partial charge in [-0.25, -0.2) is 4.98 Å². The van der Waals surface area contributed by atoms with Gasteiger partial charge in [0, 0.05) is 22.4 Å². The Morgan fingerprint density at radius 3 is 1.96 bits per heavy atom. The third-order valence-electron chi connectivity index (χ3n) is 10.6. The van der Waals surface area contributed by atoms with Crippen LogP contribution in [0.1, 0.15) is 153 Å². The first-order valence-electron chi connectivity index (χ1n) is 21.7. The molecule has 0 saturated carbocycles. The van der Waals surface area contributed by atoms with E-state index in [0.29, 0.717) is 35.0 Å². The van der Waals surface area contributed by atoms with Crippen LogP contribution in [0.25, 0.3) is 21.8 Å². The molecular formula is C48H64N4O4S. The minimum absolute atomic E-state index is 0.0205. The molecule has 306 valence electrons. The Hall–Kier alpha value is -4.50. The van der Waals surface area contributed by atoms with E-state index in [9.17, 15) is 14.7 Å². The quantitative estimate of drug-likeness (QED) is 0.0394. The number of aromatic amines is 1. The molecule has 0 atom stereocenters. The lowest BCUT2D eigenvalue weighted by atomic mass is 10.0. The third-order valence-corrected chi connectivity index (χ3v) is 11.5. The molecule has 5 rings (SSSR count). The van der Waals surface area contributed by atoms with E-state index >= 15 is 0 Å². The number of H-pyrrole nitrogens is 1. The molecule has 57 heavy (non-hydrogen) atoms. The molecule has 0 aliphatic rings. The number of nitrogens with one attached hydrogen (secondary N) is 3. The molecule has 5 aromatic rings. The minimum atomic E-state index is -0.428. The summed E-state index contributed by atoms with van der Waals surface area (Å²) in [6, 6.07) is 22.4. The van der Waals surface area contributed by atoms with Crippen LogP contribution < -0.4 is 15.4 Å². The van der Waals surface area contributed by atoms with Gasteiger partial charge < -0.3 is 25.5 Å². The van der Waals surface area contributed by atoms with Gasteiger partial charge in [-0.3, -0.25) is 9.59 Å². The van der Waals surface area contributed by atoms with Crippen molar-refractivity contribution < 1.29 is 19.4 Å². The summed E-state index contributed by atoms with van der Waals surface area (Å²) >= 11 is 1.39. The van der Waals surface area contributed by atoms with Gasteiger partial charge in [-0.1, -0.05) is 171 Å². The SMILES string of the molecule is CCCCCCCCCCCCCCOc1ccccc1NC(=O)c1cc(Sc2nc3ccc(NC(=O)CCCCCCCCC)cc3[nH]2)c2ccccc2c1O. The number of rotatable bonds is 27. The highest BCUT2D eigenvalue weighted by Crippen LogP contribution is 2.40. The second kappa shape index (κ2) is 24.3. The molecular weight excluding hydrogens is 729 g/mol. The molecule has 1 aromatic heterocycles. The standard InChI is InChI=1S/C48H64N4O4S/c1-3-5-7-9-11-12-13-14-15-17-19-25-33-56-43-29-24-23-28-41(43)50-47(55)39-35-44(37-26-21-22-27-38(37)46(39)54)57-48-51-40-32-31-36(34-42(40)52-48)49-45(53)30-20-18-16-10-8-6-4-2/h21-24,26-29,31-32,34-35,54H,3-20,25,30,33H2,1-2H3,(H,49,53)(H,50,55)(H,51,52). The number of imidazole rings is 1. The van der Waals surface area contributed by atoms with Crippen LogP contribution in [0, 0.1) is 0 Å². The fourth-order valence-electron chi connectivity index (χ4n) is 7.28. The number of carbonyl (C=O) groups is 2. The summed E-state index contributed by atoms with van der Waals surface area (Å²) in [7, 11) is 0. The van der Waals surface area contributed by atoms with Crippen LogP contribution >= 0.6 is 11.8 Å². The molecule has 0 aliphatic carbocycles. The first-order valence-corrected chi connectivity index (χ1v) is 22.5. The zero-order valence-electron chi connectivity index (χ0n) is 34.3. The molecule has 1 heterocycles. The lowest BCUT2D eigenvalue weighted by molar-refractivity contribution is -0.116. The Morgan fingerprint density at radius 2 is 1.28 bits per heavy atom. The van der Waals surface area contributed by atoms with Crippen molar-refractivity contribution in [3.63, 3.8) is 0 Å². The van der Waals surface area contributed by atoms with E-state index in [2.05, 4.69) is 29.5 Å². The highest BCUT2D eigenvalue weighted by atomic mass is 32.2. The van der Waals surface area contributed by atoms with Gasteiger partial charge in [0.15, 0.2) is 5.16 Å². The summed E-state index contributed by atoms with van der Waals surface area (Å²) in [5.74, 6) is 0.124. The number of hydrogen-bond acceptors (Lipinski definition) is 6. The molecule has 2 amide bonds. The number of nitrogens with zero attached hydrogens (tertiary/aromatic N) is 1. The molecule has 0 bridgehead atoms. The molecule has 0 aliphatic heterocycles. The fraction of sp³-hybridized carbons (Fsp3) is 0.479. The van der Waals surface area contributed by atoms with Crippen LogP contribution in [0.2, 0.25) is 0 Å². The van der Waals surface area contributed by atoms with Gasteiger partial charge in [-0.2, -0.15) is 0 Å². The maximum absolute atomic E-state index is 13.8.